The Morgan fingerprint density at radius 2 is 2.07 bits per heavy atom. The molecule has 2 saturated heterocycles. The van der Waals surface area contributed by atoms with Crippen LogP contribution in [0.3, 0.4) is 0 Å². The SMILES string of the molecule is CC[C@H]1O[C@@H](n2cnc3c(=O)[nH]c(NC(=O)C(C)C)nc32)[C@H]2OC(C)(C)OC12. The molecule has 0 spiro atoms. The molecular weight excluding hydrogens is 366 g/mol. The van der Waals surface area contributed by atoms with Gasteiger partial charge in [0.2, 0.25) is 11.9 Å². The third-order valence-electron chi connectivity index (χ3n) is 5.00. The molecule has 2 fully saturated rings. The molecule has 2 aromatic heterocycles. The second-order valence-corrected chi connectivity index (χ2v) is 7.92. The molecule has 2 N–H and O–H groups in total. The van der Waals surface area contributed by atoms with Gasteiger partial charge >= 0.3 is 0 Å². The predicted octanol–water partition coefficient (Wildman–Crippen LogP) is 1.54. The number of hydrogen-bond donors (Lipinski definition) is 2. The zero-order chi connectivity index (χ0) is 20.2. The van der Waals surface area contributed by atoms with Crippen molar-refractivity contribution >= 4 is 23.0 Å². The van der Waals surface area contributed by atoms with Crippen LogP contribution in [0.4, 0.5) is 5.95 Å². The number of carbonyl (C=O) groups is 1. The van der Waals surface area contributed by atoms with Crippen molar-refractivity contribution in [2.75, 3.05) is 5.32 Å². The van der Waals surface area contributed by atoms with Crippen molar-refractivity contribution in [1.29, 1.82) is 0 Å². The molecule has 28 heavy (non-hydrogen) atoms. The minimum absolute atomic E-state index is 0.0726. The first-order valence-electron chi connectivity index (χ1n) is 9.49. The molecule has 10 heteroatoms. The number of fused-ring (bicyclic) bond motifs is 2. The number of carbonyl (C=O) groups excluding carboxylic acids is 1. The highest BCUT2D eigenvalue weighted by molar-refractivity contribution is 5.91. The fourth-order valence-electron chi connectivity index (χ4n) is 3.64. The lowest BCUT2D eigenvalue weighted by atomic mass is 10.1. The van der Waals surface area contributed by atoms with E-state index in [1.54, 1.807) is 18.4 Å². The largest absolute Gasteiger partial charge is 0.349 e. The fraction of sp³-hybridized carbons (Fsp3) is 0.667. The van der Waals surface area contributed by atoms with E-state index in [9.17, 15) is 9.59 Å². The smallest absolute Gasteiger partial charge is 0.280 e. The lowest BCUT2D eigenvalue weighted by Crippen LogP contribution is -2.28. The molecule has 0 bridgehead atoms. The molecule has 0 aliphatic carbocycles. The zero-order valence-electron chi connectivity index (χ0n) is 16.6. The average molecular weight is 391 g/mol. The van der Waals surface area contributed by atoms with Gasteiger partial charge in [0, 0.05) is 5.92 Å². The van der Waals surface area contributed by atoms with E-state index in [1.165, 1.54) is 6.33 Å². The van der Waals surface area contributed by atoms with Crippen LogP contribution in [0.25, 0.3) is 11.2 Å². The first-order valence-corrected chi connectivity index (χ1v) is 9.49. The van der Waals surface area contributed by atoms with Gasteiger partial charge < -0.3 is 14.2 Å². The first-order chi connectivity index (χ1) is 13.2. The van der Waals surface area contributed by atoms with E-state index in [0.29, 0.717) is 5.65 Å². The summed E-state index contributed by atoms with van der Waals surface area (Å²) in [5, 5.41) is 2.62. The monoisotopic (exact) mass is 391 g/mol. The third kappa shape index (κ3) is 3.11. The van der Waals surface area contributed by atoms with Gasteiger partial charge in [-0.1, -0.05) is 20.8 Å². The number of H-pyrrole nitrogens is 1. The molecule has 1 unspecified atom stereocenters. The Morgan fingerprint density at radius 1 is 1.36 bits per heavy atom. The molecule has 4 heterocycles. The molecule has 0 saturated carbocycles. The number of aromatic nitrogens is 4. The maximum absolute atomic E-state index is 12.4. The number of aromatic amines is 1. The molecule has 4 atom stereocenters. The highest BCUT2D eigenvalue weighted by Crippen LogP contribution is 2.44. The average Bonchev–Trinajstić information content (AvgIpc) is 3.25. The van der Waals surface area contributed by atoms with Gasteiger partial charge in [-0.3, -0.25) is 24.5 Å². The summed E-state index contributed by atoms with van der Waals surface area (Å²) in [6.07, 6.45) is 1.01. The summed E-state index contributed by atoms with van der Waals surface area (Å²) < 4.78 is 19.9. The summed E-state index contributed by atoms with van der Waals surface area (Å²) in [4.78, 5) is 35.5. The summed E-state index contributed by atoms with van der Waals surface area (Å²) in [6, 6.07) is 0. The number of amides is 1. The van der Waals surface area contributed by atoms with E-state index >= 15 is 0 Å². The topological polar surface area (TPSA) is 120 Å². The lowest BCUT2D eigenvalue weighted by Gasteiger charge is -2.24. The quantitative estimate of drug-likeness (QED) is 0.811. The molecule has 4 rings (SSSR count). The summed E-state index contributed by atoms with van der Waals surface area (Å²) >= 11 is 0. The Hall–Kier alpha value is -2.30. The zero-order valence-corrected chi connectivity index (χ0v) is 16.6. The van der Waals surface area contributed by atoms with Crippen molar-refractivity contribution in [3.63, 3.8) is 0 Å². The third-order valence-corrected chi connectivity index (χ3v) is 5.00. The molecule has 10 nitrogen and oxygen atoms in total. The molecule has 0 radical (unpaired) electrons. The number of anilines is 1. The van der Waals surface area contributed by atoms with Gasteiger partial charge in [0.1, 0.15) is 12.2 Å². The van der Waals surface area contributed by atoms with Crippen LogP contribution in [-0.4, -0.2) is 49.5 Å². The Bertz CT molecular complexity index is 965. The number of hydrogen-bond acceptors (Lipinski definition) is 7. The van der Waals surface area contributed by atoms with Crippen LogP contribution in [0, 0.1) is 5.92 Å². The van der Waals surface area contributed by atoms with Crippen LogP contribution in [0.1, 0.15) is 47.3 Å². The highest BCUT2D eigenvalue weighted by atomic mass is 16.8. The van der Waals surface area contributed by atoms with E-state index in [-0.39, 0.29) is 41.6 Å². The van der Waals surface area contributed by atoms with Gasteiger partial charge in [0.25, 0.3) is 5.56 Å². The summed E-state index contributed by atoms with van der Waals surface area (Å²) in [6.45, 7) is 9.26. The maximum Gasteiger partial charge on any atom is 0.280 e. The molecule has 2 aliphatic heterocycles. The van der Waals surface area contributed by atoms with Crippen molar-refractivity contribution in [3.05, 3.63) is 16.7 Å². The summed E-state index contributed by atoms with van der Waals surface area (Å²) in [5.74, 6) is -1.14. The Morgan fingerprint density at radius 3 is 2.75 bits per heavy atom. The maximum atomic E-state index is 12.4. The Balaban J connectivity index is 1.74. The van der Waals surface area contributed by atoms with Crippen LogP contribution < -0.4 is 10.9 Å². The number of ether oxygens (including phenoxy) is 3. The van der Waals surface area contributed by atoms with Gasteiger partial charge in [0.15, 0.2) is 23.2 Å². The van der Waals surface area contributed by atoms with Crippen molar-refractivity contribution in [3.8, 4) is 0 Å². The minimum Gasteiger partial charge on any atom is -0.349 e. The lowest BCUT2D eigenvalue weighted by molar-refractivity contribution is -0.196. The predicted molar refractivity (Wildman–Crippen MR) is 99.6 cm³/mol. The number of rotatable bonds is 4. The second kappa shape index (κ2) is 6.64. The molecule has 1 amide bonds. The van der Waals surface area contributed by atoms with E-state index in [2.05, 4.69) is 20.3 Å². The molecule has 0 aromatic carbocycles. The van der Waals surface area contributed by atoms with E-state index in [4.69, 9.17) is 14.2 Å². The molecule has 2 aliphatic rings. The van der Waals surface area contributed by atoms with Gasteiger partial charge in [-0.25, -0.2) is 4.98 Å². The standard InChI is InChI=1S/C18H25N5O5/c1-6-9-11-12(28-18(4,5)27-11)16(26-9)23-7-19-10-13(23)20-17(22-15(10)25)21-14(24)8(2)3/h7-9,11-12,16H,6H2,1-5H3,(H2,20,21,22,24,25)/t9-,11?,12+,16-/m1/s1. The van der Waals surface area contributed by atoms with Crippen molar-refractivity contribution in [2.45, 2.75) is 71.4 Å². The Kier molecular flexibility index (Phi) is 4.52. The van der Waals surface area contributed by atoms with E-state index in [1.807, 2.05) is 20.8 Å². The van der Waals surface area contributed by atoms with Crippen molar-refractivity contribution in [2.24, 2.45) is 5.92 Å². The fourth-order valence-corrected chi connectivity index (χ4v) is 3.64. The summed E-state index contributed by atoms with van der Waals surface area (Å²) in [7, 11) is 0. The van der Waals surface area contributed by atoms with Gasteiger partial charge in [-0.2, -0.15) is 4.98 Å². The number of imidazole rings is 1. The van der Waals surface area contributed by atoms with Gasteiger partial charge in [0.05, 0.1) is 12.4 Å². The Labute approximate surface area is 161 Å². The molecular formula is C18H25N5O5. The van der Waals surface area contributed by atoms with Gasteiger partial charge in [-0.15, -0.1) is 0 Å². The van der Waals surface area contributed by atoms with Crippen LogP contribution in [0.5, 0.6) is 0 Å². The molecule has 2 aromatic rings. The van der Waals surface area contributed by atoms with Crippen molar-refractivity contribution < 1.29 is 19.0 Å². The van der Waals surface area contributed by atoms with Crippen LogP contribution >= 0.6 is 0 Å². The number of nitrogens with one attached hydrogen (secondary N) is 2. The van der Waals surface area contributed by atoms with Crippen LogP contribution in [0.15, 0.2) is 11.1 Å². The van der Waals surface area contributed by atoms with E-state index < -0.39 is 17.6 Å². The van der Waals surface area contributed by atoms with Crippen molar-refractivity contribution in [1.82, 2.24) is 19.5 Å². The minimum atomic E-state index is -0.720. The normalized spacial score (nSPS) is 28.8. The van der Waals surface area contributed by atoms with Crippen LogP contribution in [-0.2, 0) is 19.0 Å². The summed E-state index contributed by atoms with van der Waals surface area (Å²) in [5.41, 5.74) is 0.0470. The second-order valence-electron chi connectivity index (χ2n) is 7.92. The van der Waals surface area contributed by atoms with Crippen LogP contribution in [0.2, 0.25) is 0 Å². The first kappa shape index (κ1) is 19.0. The molecule has 152 valence electrons. The van der Waals surface area contributed by atoms with Gasteiger partial charge in [-0.05, 0) is 20.3 Å². The highest BCUT2D eigenvalue weighted by Gasteiger charge is 2.55. The van der Waals surface area contributed by atoms with E-state index in [0.717, 1.165) is 6.42 Å². The number of nitrogens with zero attached hydrogens (tertiary/aromatic N) is 3.